The van der Waals surface area contributed by atoms with Crippen LogP contribution in [0, 0.1) is 0 Å². The van der Waals surface area contributed by atoms with Crippen molar-refractivity contribution in [2.24, 2.45) is 5.73 Å². The highest BCUT2D eigenvalue weighted by molar-refractivity contribution is 9.10. The maximum atomic E-state index is 6.27. The summed E-state index contributed by atoms with van der Waals surface area (Å²) >= 11 is 8.90. The van der Waals surface area contributed by atoms with Crippen LogP contribution in [0.1, 0.15) is 5.56 Å². The Morgan fingerprint density at radius 3 is 2.62 bits per heavy atom. The summed E-state index contributed by atoms with van der Waals surface area (Å²) in [6, 6.07) is 14.3. The molecule has 5 heteroatoms. The van der Waals surface area contributed by atoms with Crippen molar-refractivity contribution in [2.75, 3.05) is 12.9 Å². The van der Waals surface area contributed by atoms with Gasteiger partial charge in [0.05, 0.1) is 7.11 Å². The molecule has 21 heavy (non-hydrogen) atoms. The number of nitrogens with two attached hydrogens (primary N) is 1. The fraction of sp³-hybridized carbons (Fsp3) is 0.250. The zero-order valence-corrected chi connectivity index (χ0v) is 15.7. The number of hydrogen-bond donors (Lipinski definition) is 1. The van der Waals surface area contributed by atoms with Gasteiger partial charge in [0.25, 0.3) is 0 Å². The van der Waals surface area contributed by atoms with Gasteiger partial charge >= 0.3 is 0 Å². The standard InChI is InChI=1S/C16H17Br2NOS/c1-20-13-6-7-14(17)11(9-13)8-12(19)10-21-16-5-3-2-4-15(16)18/h2-7,9,12H,8,10,19H2,1H3. The molecule has 1 atom stereocenters. The molecule has 0 radical (unpaired) electrons. The van der Waals surface area contributed by atoms with Crippen LogP contribution < -0.4 is 10.5 Å². The minimum Gasteiger partial charge on any atom is -0.497 e. The molecular formula is C16H17Br2NOS. The molecule has 0 saturated carbocycles. The van der Waals surface area contributed by atoms with Crippen LogP contribution in [-0.2, 0) is 6.42 Å². The van der Waals surface area contributed by atoms with E-state index in [9.17, 15) is 0 Å². The first-order chi connectivity index (χ1) is 10.1. The zero-order valence-electron chi connectivity index (χ0n) is 11.7. The Bertz CT molecular complexity index is 607. The SMILES string of the molecule is COc1ccc(Br)c(CC(N)CSc2ccccc2Br)c1. The maximum absolute atomic E-state index is 6.27. The van der Waals surface area contributed by atoms with Crippen LogP contribution >= 0.6 is 43.6 Å². The molecule has 0 heterocycles. The quantitative estimate of drug-likeness (QED) is 0.663. The average molecular weight is 431 g/mol. The predicted octanol–water partition coefficient (Wildman–Crippen LogP) is 4.88. The van der Waals surface area contributed by atoms with E-state index in [2.05, 4.69) is 37.9 Å². The number of methoxy groups -OCH3 is 1. The summed E-state index contributed by atoms with van der Waals surface area (Å²) in [7, 11) is 1.68. The van der Waals surface area contributed by atoms with Crippen molar-refractivity contribution in [1.29, 1.82) is 0 Å². The number of hydrogen-bond acceptors (Lipinski definition) is 3. The van der Waals surface area contributed by atoms with Gasteiger partial charge in [-0.2, -0.15) is 0 Å². The average Bonchev–Trinajstić information content (AvgIpc) is 2.48. The molecule has 2 N–H and O–H groups in total. The third-order valence-corrected chi connectivity index (χ3v) is 6.01. The Labute approximate surface area is 146 Å². The van der Waals surface area contributed by atoms with Crippen LogP contribution in [-0.4, -0.2) is 18.9 Å². The lowest BCUT2D eigenvalue weighted by atomic mass is 10.1. The normalized spacial score (nSPS) is 12.2. The van der Waals surface area contributed by atoms with E-state index in [0.29, 0.717) is 0 Å². The van der Waals surface area contributed by atoms with Crippen LogP contribution in [0.5, 0.6) is 5.75 Å². The Morgan fingerprint density at radius 2 is 1.90 bits per heavy atom. The molecule has 0 aliphatic heterocycles. The number of thioether (sulfide) groups is 1. The number of benzene rings is 2. The van der Waals surface area contributed by atoms with Gasteiger partial charge in [-0.25, -0.2) is 0 Å². The minimum atomic E-state index is 0.0884. The Hall–Kier alpha value is -0.490. The van der Waals surface area contributed by atoms with E-state index in [0.717, 1.165) is 26.9 Å². The third-order valence-electron chi connectivity index (χ3n) is 3.02. The molecule has 0 bridgehead atoms. The third kappa shape index (κ3) is 5.02. The molecule has 0 amide bonds. The van der Waals surface area contributed by atoms with Gasteiger partial charge in [-0.15, -0.1) is 11.8 Å². The van der Waals surface area contributed by atoms with Gasteiger partial charge in [0, 0.05) is 25.6 Å². The lowest BCUT2D eigenvalue weighted by Crippen LogP contribution is -2.25. The highest BCUT2D eigenvalue weighted by Gasteiger charge is 2.10. The summed E-state index contributed by atoms with van der Waals surface area (Å²) in [5.74, 6) is 1.73. The van der Waals surface area contributed by atoms with Crippen LogP contribution in [0.4, 0.5) is 0 Å². The van der Waals surface area contributed by atoms with Crippen LogP contribution in [0.3, 0.4) is 0 Å². The molecule has 0 aromatic heterocycles. The summed E-state index contributed by atoms with van der Waals surface area (Å²) in [6.45, 7) is 0. The number of halogens is 2. The Balaban J connectivity index is 1.96. The summed E-state index contributed by atoms with van der Waals surface area (Å²) in [6.07, 6.45) is 0.815. The summed E-state index contributed by atoms with van der Waals surface area (Å²) in [4.78, 5) is 1.22. The second kappa shape index (κ2) is 8.22. The van der Waals surface area contributed by atoms with Gasteiger partial charge < -0.3 is 10.5 Å². The first kappa shape index (κ1) is 16.9. The van der Waals surface area contributed by atoms with E-state index >= 15 is 0 Å². The highest BCUT2D eigenvalue weighted by Crippen LogP contribution is 2.28. The molecule has 2 rings (SSSR count). The molecular weight excluding hydrogens is 414 g/mol. The molecule has 2 nitrogen and oxygen atoms in total. The van der Waals surface area contributed by atoms with E-state index in [1.54, 1.807) is 18.9 Å². The summed E-state index contributed by atoms with van der Waals surface area (Å²) in [5.41, 5.74) is 7.44. The Kier molecular flexibility index (Phi) is 6.61. The van der Waals surface area contributed by atoms with Crippen molar-refractivity contribution in [3.05, 3.63) is 57.0 Å². The van der Waals surface area contributed by atoms with E-state index in [1.165, 1.54) is 10.5 Å². The topological polar surface area (TPSA) is 35.2 Å². The molecule has 0 spiro atoms. The summed E-state index contributed by atoms with van der Waals surface area (Å²) in [5, 5.41) is 0. The van der Waals surface area contributed by atoms with Gasteiger partial charge in [-0.05, 0) is 58.2 Å². The van der Waals surface area contributed by atoms with Crippen LogP contribution in [0.2, 0.25) is 0 Å². The van der Waals surface area contributed by atoms with Crippen LogP contribution in [0.25, 0.3) is 0 Å². The molecule has 2 aromatic carbocycles. The lowest BCUT2D eigenvalue weighted by Gasteiger charge is -2.14. The molecule has 0 fully saturated rings. The molecule has 1 unspecified atom stereocenters. The fourth-order valence-corrected chi connectivity index (χ4v) is 3.86. The van der Waals surface area contributed by atoms with Crippen molar-refractivity contribution in [3.8, 4) is 5.75 Å². The van der Waals surface area contributed by atoms with Gasteiger partial charge in [-0.1, -0.05) is 28.1 Å². The van der Waals surface area contributed by atoms with E-state index < -0.39 is 0 Å². The fourth-order valence-electron chi connectivity index (χ4n) is 1.93. The summed E-state index contributed by atoms with van der Waals surface area (Å²) < 4.78 is 7.45. The molecule has 0 saturated heterocycles. The molecule has 0 aliphatic rings. The second-order valence-corrected chi connectivity index (χ2v) is 7.43. The van der Waals surface area contributed by atoms with E-state index in [1.807, 2.05) is 36.4 Å². The van der Waals surface area contributed by atoms with Crippen molar-refractivity contribution in [3.63, 3.8) is 0 Å². The van der Waals surface area contributed by atoms with Crippen molar-refractivity contribution >= 4 is 43.6 Å². The van der Waals surface area contributed by atoms with Gasteiger partial charge in [0.1, 0.15) is 5.75 Å². The molecule has 112 valence electrons. The van der Waals surface area contributed by atoms with Crippen molar-refractivity contribution in [1.82, 2.24) is 0 Å². The maximum Gasteiger partial charge on any atom is 0.119 e. The van der Waals surface area contributed by atoms with Gasteiger partial charge in [-0.3, -0.25) is 0 Å². The van der Waals surface area contributed by atoms with E-state index in [4.69, 9.17) is 10.5 Å². The Morgan fingerprint density at radius 1 is 1.14 bits per heavy atom. The first-order valence-electron chi connectivity index (χ1n) is 6.55. The largest absolute Gasteiger partial charge is 0.497 e. The predicted molar refractivity (Wildman–Crippen MR) is 97.2 cm³/mol. The van der Waals surface area contributed by atoms with Crippen molar-refractivity contribution in [2.45, 2.75) is 17.4 Å². The van der Waals surface area contributed by atoms with Gasteiger partial charge in [0.2, 0.25) is 0 Å². The highest BCUT2D eigenvalue weighted by atomic mass is 79.9. The van der Waals surface area contributed by atoms with E-state index in [-0.39, 0.29) is 6.04 Å². The lowest BCUT2D eigenvalue weighted by molar-refractivity contribution is 0.414. The second-order valence-electron chi connectivity index (χ2n) is 4.66. The molecule has 2 aromatic rings. The van der Waals surface area contributed by atoms with Crippen molar-refractivity contribution < 1.29 is 4.74 Å². The molecule has 0 aliphatic carbocycles. The number of ether oxygens (including phenoxy) is 1. The smallest absolute Gasteiger partial charge is 0.119 e. The zero-order chi connectivity index (χ0) is 15.2. The van der Waals surface area contributed by atoms with Gasteiger partial charge in [0.15, 0.2) is 0 Å². The van der Waals surface area contributed by atoms with Crippen LogP contribution in [0.15, 0.2) is 56.3 Å². The monoisotopic (exact) mass is 429 g/mol. The number of rotatable bonds is 6. The first-order valence-corrected chi connectivity index (χ1v) is 9.12. The minimum absolute atomic E-state index is 0.0884.